The minimum Gasteiger partial charge on any atom is -0.249 e. The Bertz CT molecular complexity index is 269. The van der Waals surface area contributed by atoms with Crippen LogP contribution in [0.4, 0.5) is 0 Å². The quantitative estimate of drug-likeness (QED) is 0.188. The van der Waals surface area contributed by atoms with Crippen LogP contribution in [0.5, 0.6) is 0 Å². The SMILES string of the molecule is CCCCC(OO)(OOC(CCCC)(OO)C(Cl)Cl)C(Cl)Cl. The molecule has 0 spiro atoms. The van der Waals surface area contributed by atoms with Gasteiger partial charge in [0.25, 0.3) is 11.6 Å². The summed E-state index contributed by atoms with van der Waals surface area (Å²) in [6.07, 6.45) is 2.94. The Hall–Kier alpha value is 0.920. The van der Waals surface area contributed by atoms with Gasteiger partial charge in [-0.25, -0.2) is 10.5 Å². The minimum absolute atomic E-state index is 0.127. The van der Waals surface area contributed by atoms with Crippen LogP contribution in [0, 0.1) is 0 Å². The smallest absolute Gasteiger partial charge is 0.249 e. The lowest BCUT2D eigenvalue weighted by molar-refractivity contribution is -0.568. The van der Waals surface area contributed by atoms with E-state index in [0.29, 0.717) is 12.8 Å². The standard InChI is InChI=1S/C12H22Cl4O6/c1-3-5-7-11(19-17,9(13)14)21-22-12(20-18,10(15)16)8-6-4-2/h9-10,17-18H,3-8H2,1-2H3. The second-order valence-corrected chi connectivity index (χ2v) is 6.97. The van der Waals surface area contributed by atoms with Crippen molar-refractivity contribution >= 4 is 46.4 Å². The van der Waals surface area contributed by atoms with Gasteiger partial charge in [0, 0.05) is 12.8 Å². The van der Waals surface area contributed by atoms with Crippen molar-refractivity contribution in [1.29, 1.82) is 0 Å². The van der Waals surface area contributed by atoms with Crippen LogP contribution in [0.25, 0.3) is 0 Å². The van der Waals surface area contributed by atoms with Crippen molar-refractivity contribution in [1.82, 2.24) is 0 Å². The Kier molecular flexibility index (Phi) is 11.9. The zero-order valence-electron chi connectivity index (χ0n) is 12.4. The third-order valence-corrected chi connectivity index (χ3v) is 4.39. The average Bonchev–Trinajstić information content (AvgIpc) is 2.50. The van der Waals surface area contributed by atoms with Crippen LogP contribution in [0.15, 0.2) is 0 Å². The van der Waals surface area contributed by atoms with Crippen molar-refractivity contribution in [2.45, 2.75) is 73.6 Å². The van der Waals surface area contributed by atoms with Crippen LogP contribution >= 0.6 is 46.4 Å². The molecule has 22 heavy (non-hydrogen) atoms. The largest absolute Gasteiger partial charge is 0.263 e. The molecule has 2 atom stereocenters. The molecule has 0 aliphatic rings. The molecular weight excluding hydrogens is 382 g/mol. The van der Waals surface area contributed by atoms with Crippen molar-refractivity contribution in [3.8, 4) is 0 Å². The molecule has 10 heteroatoms. The lowest BCUT2D eigenvalue weighted by atomic mass is 10.1. The normalized spacial score (nSPS) is 17.7. The third-order valence-electron chi connectivity index (χ3n) is 3.06. The van der Waals surface area contributed by atoms with Crippen LogP contribution < -0.4 is 0 Å². The first-order valence-corrected chi connectivity index (χ1v) is 8.67. The second-order valence-electron chi connectivity index (χ2n) is 4.78. The summed E-state index contributed by atoms with van der Waals surface area (Å²) >= 11 is 23.2. The van der Waals surface area contributed by atoms with Gasteiger partial charge in [-0.15, -0.1) is 0 Å². The fourth-order valence-electron chi connectivity index (χ4n) is 1.56. The molecule has 0 radical (unpaired) electrons. The van der Waals surface area contributed by atoms with Gasteiger partial charge in [0.1, 0.15) is 0 Å². The Morgan fingerprint density at radius 3 is 1.27 bits per heavy atom. The number of rotatable bonds is 13. The molecule has 2 N–H and O–H groups in total. The Morgan fingerprint density at radius 1 is 0.773 bits per heavy atom. The van der Waals surface area contributed by atoms with E-state index in [1.807, 2.05) is 13.8 Å². The van der Waals surface area contributed by atoms with Gasteiger partial charge in [-0.05, 0) is 12.8 Å². The molecular formula is C12H22Cl4O6. The molecule has 0 amide bonds. The van der Waals surface area contributed by atoms with Crippen molar-refractivity contribution in [2.24, 2.45) is 0 Å². The highest BCUT2D eigenvalue weighted by Gasteiger charge is 2.48. The monoisotopic (exact) mass is 402 g/mol. The van der Waals surface area contributed by atoms with E-state index in [9.17, 15) is 0 Å². The van der Waals surface area contributed by atoms with Gasteiger partial charge in [0.2, 0.25) is 0 Å². The molecule has 0 heterocycles. The highest BCUT2D eigenvalue weighted by atomic mass is 35.5. The minimum atomic E-state index is -1.86. The maximum absolute atomic E-state index is 9.11. The molecule has 0 aliphatic heterocycles. The van der Waals surface area contributed by atoms with Crippen LogP contribution in [0.2, 0.25) is 0 Å². The Balaban J connectivity index is 5.09. The summed E-state index contributed by atoms with van der Waals surface area (Å²) in [5, 5.41) is 18.2. The van der Waals surface area contributed by atoms with Gasteiger partial charge in [-0.3, -0.25) is 0 Å². The van der Waals surface area contributed by atoms with Crippen LogP contribution in [-0.4, -0.2) is 31.8 Å². The summed E-state index contributed by atoms with van der Waals surface area (Å²) in [7, 11) is 0. The van der Waals surface area contributed by atoms with E-state index >= 15 is 0 Å². The van der Waals surface area contributed by atoms with Crippen LogP contribution in [0.3, 0.4) is 0 Å². The van der Waals surface area contributed by atoms with E-state index in [1.165, 1.54) is 0 Å². The zero-order valence-corrected chi connectivity index (χ0v) is 15.5. The number of unbranched alkanes of at least 4 members (excludes halogenated alkanes) is 2. The number of hydrogen-bond donors (Lipinski definition) is 2. The van der Waals surface area contributed by atoms with E-state index in [2.05, 4.69) is 9.78 Å². The van der Waals surface area contributed by atoms with Gasteiger partial charge in [0.05, 0.1) is 0 Å². The lowest BCUT2D eigenvalue weighted by Gasteiger charge is -2.35. The Labute approximate surface area is 150 Å². The summed E-state index contributed by atoms with van der Waals surface area (Å²) < 4.78 is 0. The summed E-state index contributed by atoms with van der Waals surface area (Å²) in [4.78, 5) is 16.2. The van der Waals surface area contributed by atoms with E-state index in [-0.39, 0.29) is 12.8 Å². The molecule has 0 saturated carbocycles. The van der Waals surface area contributed by atoms with Crippen molar-refractivity contribution < 1.29 is 30.1 Å². The molecule has 0 aliphatic carbocycles. The second kappa shape index (κ2) is 11.5. The van der Waals surface area contributed by atoms with Gasteiger partial charge in [-0.1, -0.05) is 73.1 Å². The average molecular weight is 404 g/mol. The molecule has 0 aromatic carbocycles. The maximum Gasteiger partial charge on any atom is 0.263 e. The fourth-order valence-corrected chi connectivity index (χ4v) is 2.30. The highest BCUT2D eigenvalue weighted by molar-refractivity contribution is 6.45. The Morgan fingerprint density at radius 2 is 1.09 bits per heavy atom. The molecule has 2 unspecified atom stereocenters. The first kappa shape index (κ1) is 22.9. The van der Waals surface area contributed by atoms with Crippen molar-refractivity contribution in [3.63, 3.8) is 0 Å². The molecule has 0 fully saturated rings. The van der Waals surface area contributed by atoms with Gasteiger partial charge in [0.15, 0.2) is 9.67 Å². The predicted molar refractivity (Wildman–Crippen MR) is 85.1 cm³/mol. The molecule has 6 nitrogen and oxygen atoms in total. The van der Waals surface area contributed by atoms with Crippen molar-refractivity contribution in [2.75, 3.05) is 0 Å². The van der Waals surface area contributed by atoms with Gasteiger partial charge in [-0.2, -0.15) is 19.6 Å². The summed E-state index contributed by atoms with van der Waals surface area (Å²) in [5.41, 5.74) is 0. The summed E-state index contributed by atoms with van der Waals surface area (Å²) in [6.45, 7) is 3.83. The van der Waals surface area contributed by atoms with Gasteiger partial charge < -0.3 is 0 Å². The zero-order chi connectivity index (χ0) is 17.2. The molecule has 0 bridgehead atoms. The summed E-state index contributed by atoms with van der Waals surface area (Å²) in [5.74, 6) is -3.73. The molecule has 0 rings (SSSR count). The first-order valence-electron chi connectivity index (χ1n) is 6.92. The fraction of sp³-hybridized carbons (Fsp3) is 1.00. The van der Waals surface area contributed by atoms with Crippen LogP contribution in [0.1, 0.15) is 52.4 Å². The number of alkyl halides is 4. The predicted octanol–water partition coefficient (Wildman–Crippen LogP) is 5.29. The topological polar surface area (TPSA) is 77.4 Å². The molecule has 0 saturated heterocycles. The molecule has 134 valence electrons. The number of halogens is 4. The third kappa shape index (κ3) is 6.43. The highest BCUT2D eigenvalue weighted by Crippen LogP contribution is 2.37. The molecule has 0 aromatic heterocycles. The molecule has 0 aromatic rings. The first-order chi connectivity index (χ1) is 10.3. The lowest BCUT2D eigenvalue weighted by Crippen LogP contribution is -2.48. The van der Waals surface area contributed by atoms with E-state index in [0.717, 1.165) is 12.8 Å². The summed E-state index contributed by atoms with van der Waals surface area (Å²) in [6, 6.07) is 0. The van der Waals surface area contributed by atoms with Crippen LogP contribution in [-0.2, 0) is 19.6 Å². The van der Waals surface area contributed by atoms with E-state index < -0.39 is 21.2 Å². The van der Waals surface area contributed by atoms with Crippen molar-refractivity contribution in [3.05, 3.63) is 0 Å². The number of hydrogen-bond acceptors (Lipinski definition) is 6. The van der Waals surface area contributed by atoms with Gasteiger partial charge >= 0.3 is 0 Å². The maximum atomic E-state index is 9.11. The van der Waals surface area contributed by atoms with E-state index in [4.69, 9.17) is 66.7 Å². The van der Waals surface area contributed by atoms with E-state index in [1.54, 1.807) is 0 Å².